The van der Waals surface area contributed by atoms with Gasteiger partial charge in [0.15, 0.2) is 18.1 Å². The molecule has 0 saturated carbocycles. The van der Waals surface area contributed by atoms with E-state index < -0.39 is 12.8 Å². The van der Waals surface area contributed by atoms with Gasteiger partial charge in [-0.25, -0.2) is 0 Å². The van der Waals surface area contributed by atoms with Crippen molar-refractivity contribution in [1.82, 2.24) is 0 Å². The van der Waals surface area contributed by atoms with Crippen LogP contribution in [-0.2, 0) is 0 Å². The maximum atomic E-state index is 12.1. The minimum Gasteiger partial charge on any atom is -0.493 e. The van der Waals surface area contributed by atoms with Gasteiger partial charge in [0, 0.05) is 0 Å². The first-order valence-corrected chi connectivity index (χ1v) is 5.37. The lowest BCUT2D eigenvalue weighted by atomic mass is 10.2. The van der Waals surface area contributed by atoms with Gasteiger partial charge in [-0.2, -0.15) is 13.2 Å². The van der Waals surface area contributed by atoms with E-state index in [0.717, 1.165) is 0 Å². The van der Waals surface area contributed by atoms with Crippen LogP contribution in [0.2, 0.25) is 0 Å². The molecule has 0 fully saturated rings. The third-order valence-electron chi connectivity index (χ3n) is 1.91. The molecule has 2 nitrogen and oxygen atoms in total. The minimum absolute atomic E-state index is 0.0159. The summed E-state index contributed by atoms with van der Waals surface area (Å²) < 4.78 is 46.3. The molecule has 1 aromatic rings. The third kappa shape index (κ3) is 3.66. The molecule has 0 aromatic heterocycles. The molecule has 1 aromatic carbocycles. The Hall–Kier alpha value is -1.17. The molecule has 0 bridgehead atoms. The van der Waals surface area contributed by atoms with E-state index in [2.05, 4.69) is 22.5 Å². The summed E-state index contributed by atoms with van der Waals surface area (Å²) in [6.45, 7) is 2.18. The smallest absolute Gasteiger partial charge is 0.422 e. The van der Waals surface area contributed by atoms with Crippen molar-refractivity contribution < 1.29 is 22.6 Å². The first-order chi connectivity index (χ1) is 7.89. The summed E-state index contributed by atoms with van der Waals surface area (Å²) in [6.07, 6.45) is -2.89. The van der Waals surface area contributed by atoms with Gasteiger partial charge in [0.2, 0.25) is 0 Å². The first kappa shape index (κ1) is 13.9. The van der Waals surface area contributed by atoms with Crippen molar-refractivity contribution in [2.24, 2.45) is 0 Å². The molecule has 0 atom stereocenters. The zero-order chi connectivity index (χ0) is 13.1. The van der Waals surface area contributed by atoms with Gasteiger partial charge < -0.3 is 9.47 Å². The molecule has 17 heavy (non-hydrogen) atoms. The zero-order valence-corrected chi connectivity index (χ0v) is 10.6. The monoisotopic (exact) mass is 310 g/mol. The normalized spacial score (nSPS) is 11.1. The van der Waals surface area contributed by atoms with E-state index >= 15 is 0 Å². The standard InChI is InChI=1S/C11H10BrF3O2/c1-3-7-4-5-8(16-2)10(9(7)12)17-6-11(13,14)15/h3-5H,1,6H2,2H3. The van der Waals surface area contributed by atoms with Crippen LogP contribution < -0.4 is 9.47 Å². The first-order valence-electron chi connectivity index (χ1n) is 4.57. The van der Waals surface area contributed by atoms with Crippen LogP contribution in [0.25, 0.3) is 6.08 Å². The number of alkyl halides is 3. The number of rotatable bonds is 4. The molecule has 0 aliphatic rings. The Kier molecular flexibility index (Phi) is 4.45. The van der Waals surface area contributed by atoms with Gasteiger partial charge in [0.05, 0.1) is 11.6 Å². The molecule has 0 radical (unpaired) electrons. The van der Waals surface area contributed by atoms with Crippen LogP contribution in [0.3, 0.4) is 0 Å². The Morgan fingerprint density at radius 1 is 1.41 bits per heavy atom. The summed E-state index contributed by atoms with van der Waals surface area (Å²) in [5, 5.41) is 0. The van der Waals surface area contributed by atoms with Gasteiger partial charge >= 0.3 is 6.18 Å². The van der Waals surface area contributed by atoms with Crippen molar-refractivity contribution >= 4 is 22.0 Å². The van der Waals surface area contributed by atoms with E-state index in [9.17, 15) is 13.2 Å². The number of halogens is 4. The zero-order valence-electron chi connectivity index (χ0n) is 8.97. The van der Waals surface area contributed by atoms with Crippen molar-refractivity contribution in [1.29, 1.82) is 0 Å². The predicted octanol–water partition coefficient (Wildman–Crippen LogP) is 4.04. The molecule has 0 amide bonds. The van der Waals surface area contributed by atoms with E-state index in [1.165, 1.54) is 19.3 Å². The minimum atomic E-state index is -4.39. The van der Waals surface area contributed by atoms with Crippen LogP contribution >= 0.6 is 15.9 Å². The SMILES string of the molecule is C=Cc1ccc(OC)c(OCC(F)(F)F)c1Br. The van der Waals surface area contributed by atoms with E-state index in [1.54, 1.807) is 6.07 Å². The second-order valence-electron chi connectivity index (χ2n) is 3.11. The van der Waals surface area contributed by atoms with E-state index in [1.807, 2.05) is 0 Å². The molecule has 0 heterocycles. The van der Waals surface area contributed by atoms with Crippen LogP contribution in [-0.4, -0.2) is 19.9 Å². The summed E-state index contributed by atoms with van der Waals surface area (Å²) in [7, 11) is 1.36. The van der Waals surface area contributed by atoms with Gasteiger partial charge in [0.25, 0.3) is 0 Å². The van der Waals surface area contributed by atoms with Crippen molar-refractivity contribution in [3.63, 3.8) is 0 Å². The number of methoxy groups -OCH3 is 1. The molecular weight excluding hydrogens is 301 g/mol. The fourth-order valence-electron chi connectivity index (χ4n) is 1.16. The van der Waals surface area contributed by atoms with Gasteiger partial charge in [-0.1, -0.05) is 12.7 Å². The molecule has 0 unspecified atom stereocenters. The van der Waals surface area contributed by atoms with Gasteiger partial charge in [-0.05, 0) is 33.6 Å². The molecule has 0 aliphatic heterocycles. The Morgan fingerprint density at radius 3 is 2.53 bits per heavy atom. The van der Waals surface area contributed by atoms with Crippen LogP contribution in [0.15, 0.2) is 23.2 Å². The number of hydrogen-bond donors (Lipinski definition) is 0. The van der Waals surface area contributed by atoms with Crippen molar-refractivity contribution in [3.05, 3.63) is 28.7 Å². The summed E-state index contributed by atoms with van der Waals surface area (Å²) in [5.74, 6) is 0.244. The summed E-state index contributed by atoms with van der Waals surface area (Å²) in [4.78, 5) is 0. The topological polar surface area (TPSA) is 18.5 Å². The highest BCUT2D eigenvalue weighted by Crippen LogP contribution is 2.39. The Morgan fingerprint density at radius 2 is 2.06 bits per heavy atom. The number of ether oxygens (including phenoxy) is 2. The van der Waals surface area contributed by atoms with Crippen molar-refractivity contribution in [3.8, 4) is 11.5 Å². The van der Waals surface area contributed by atoms with E-state index in [-0.39, 0.29) is 11.5 Å². The lowest BCUT2D eigenvalue weighted by Gasteiger charge is -2.15. The van der Waals surface area contributed by atoms with Crippen LogP contribution in [0.4, 0.5) is 13.2 Å². The van der Waals surface area contributed by atoms with Crippen molar-refractivity contribution in [2.75, 3.05) is 13.7 Å². The Bertz CT molecular complexity index is 416. The summed E-state index contributed by atoms with van der Waals surface area (Å²) in [5.41, 5.74) is 0.628. The van der Waals surface area contributed by atoms with Crippen molar-refractivity contribution in [2.45, 2.75) is 6.18 Å². The molecule has 6 heteroatoms. The summed E-state index contributed by atoms with van der Waals surface area (Å²) in [6, 6.07) is 3.18. The van der Waals surface area contributed by atoms with E-state index in [4.69, 9.17) is 9.47 Å². The quantitative estimate of drug-likeness (QED) is 0.835. The second kappa shape index (κ2) is 5.44. The highest BCUT2D eigenvalue weighted by Gasteiger charge is 2.29. The average Bonchev–Trinajstić information content (AvgIpc) is 2.25. The fraction of sp³-hybridized carbons (Fsp3) is 0.273. The molecular formula is C11H10BrF3O2. The fourth-order valence-corrected chi connectivity index (χ4v) is 1.76. The van der Waals surface area contributed by atoms with E-state index in [0.29, 0.717) is 10.0 Å². The van der Waals surface area contributed by atoms with Crippen LogP contribution in [0, 0.1) is 0 Å². The lowest BCUT2D eigenvalue weighted by Crippen LogP contribution is -2.19. The van der Waals surface area contributed by atoms with Crippen LogP contribution in [0.5, 0.6) is 11.5 Å². The highest BCUT2D eigenvalue weighted by atomic mass is 79.9. The van der Waals surface area contributed by atoms with Gasteiger partial charge in [-0.15, -0.1) is 0 Å². The molecule has 0 spiro atoms. The molecule has 0 aliphatic carbocycles. The molecule has 0 saturated heterocycles. The average molecular weight is 311 g/mol. The largest absolute Gasteiger partial charge is 0.493 e. The van der Waals surface area contributed by atoms with Gasteiger partial charge in [0.1, 0.15) is 0 Å². The number of benzene rings is 1. The molecule has 94 valence electrons. The van der Waals surface area contributed by atoms with Gasteiger partial charge in [-0.3, -0.25) is 0 Å². The predicted molar refractivity (Wildman–Crippen MR) is 62.3 cm³/mol. The maximum Gasteiger partial charge on any atom is 0.422 e. The van der Waals surface area contributed by atoms with Crippen LogP contribution in [0.1, 0.15) is 5.56 Å². The number of hydrogen-bond acceptors (Lipinski definition) is 2. The molecule has 0 N–H and O–H groups in total. The maximum absolute atomic E-state index is 12.1. The highest BCUT2D eigenvalue weighted by molar-refractivity contribution is 9.10. The summed E-state index contributed by atoms with van der Waals surface area (Å²) >= 11 is 3.16. The lowest BCUT2D eigenvalue weighted by molar-refractivity contribution is -0.153. The Balaban J connectivity index is 3.06. The Labute approximate surface area is 105 Å². The second-order valence-corrected chi connectivity index (χ2v) is 3.90. The molecule has 1 rings (SSSR count). The third-order valence-corrected chi connectivity index (χ3v) is 2.73.